The highest BCUT2D eigenvalue weighted by molar-refractivity contribution is 5.54. The maximum atomic E-state index is 12.6. The van der Waals surface area contributed by atoms with Crippen molar-refractivity contribution >= 4 is 11.4 Å². The molecule has 12 heteroatoms. The Hall–Kier alpha value is -4.76. The van der Waals surface area contributed by atoms with Gasteiger partial charge in [0.05, 0.1) is 5.69 Å². The Labute approximate surface area is 182 Å². The number of nitriles is 3. The van der Waals surface area contributed by atoms with Gasteiger partial charge in [0, 0.05) is 23.9 Å². The van der Waals surface area contributed by atoms with Crippen molar-refractivity contribution in [3.8, 4) is 18.2 Å². The fourth-order valence-corrected chi connectivity index (χ4v) is 2.06. The van der Waals surface area contributed by atoms with Crippen molar-refractivity contribution in [1.82, 2.24) is 0 Å². The first-order valence-corrected chi connectivity index (χ1v) is 8.29. The van der Waals surface area contributed by atoms with Gasteiger partial charge in [-0.3, -0.25) is 0 Å². The van der Waals surface area contributed by atoms with Crippen LogP contribution in [0.15, 0.2) is 36.4 Å². The Morgan fingerprint density at radius 2 is 0.788 bits per heavy atom. The number of anilines is 2. The zero-order valence-corrected chi connectivity index (χ0v) is 16.1. The third kappa shape index (κ3) is 7.16. The van der Waals surface area contributed by atoms with Crippen molar-refractivity contribution in [3.05, 3.63) is 93.8 Å². The molecule has 0 aliphatic carbocycles. The predicted octanol–water partition coefficient (Wildman–Crippen LogP) is 4.81. The average Bonchev–Trinajstić information content (AvgIpc) is 2.68. The summed E-state index contributed by atoms with van der Waals surface area (Å²) in [6.45, 7) is 0. The van der Waals surface area contributed by atoms with Gasteiger partial charge in [-0.2, -0.15) is 15.8 Å². The topological polar surface area (TPSA) is 123 Å². The fraction of sp³-hybridized carbons (Fsp3) is 0. The third-order valence-corrected chi connectivity index (χ3v) is 3.49. The van der Waals surface area contributed by atoms with E-state index >= 15 is 0 Å². The van der Waals surface area contributed by atoms with Gasteiger partial charge in [0.15, 0.2) is 0 Å². The van der Waals surface area contributed by atoms with E-state index < -0.39 is 51.8 Å². The first-order valence-electron chi connectivity index (χ1n) is 8.29. The molecule has 0 bridgehead atoms. The number of nitrogen functional groups attached to an aromatic ring is 2. The van der Waals surface area contributed by atoms with Crippen LogP contribution in [0.5, 0.6) is 0 Å². The van der Waals surface area contributed by atoms with Crippen molar-refractivity contribution < 1.29 is 30.7 Å². The molecule has 3 rings (SSSR count). The van der Waals surface area contributed by atoms with Crippen molar-refractivity contribution in [1.29, 1.82) is 15.8 Å². The van der Waals surface area contributed by atoms with Crippen LogP contribution in [-0.4, -0.2) is 0 Å². The summed E-state index contributed by atoms with van der Waals surface area (Å²) in [5.41, 5.74) is 8.35. The van der Waals surface area contributed by atoms with Crippen LogP contribution in [0.3, 0.4) is 0 Å². The summed E-state index contributed by atoms with van der Waals surface area (Å²) in [6.07, 6.45) is 0. The van der Waals surface area contributed by atoms with Crippen LogP contribution in [0.1, 0.15) is 16.7 Å². The van der Waals surface area contributed by atoms with E-state index in [1.165, 1.54) is 18.2 Å². The summed E-state index contributed by atoms with van der Waals surface area (Å²) in [6, 6.07) is 8.44. The Bertz CT molecular complexity index is 1070. The second-order valence-corrected chi connectivity index (χ2v) is 5.79. The molecule has 4 N–H and O–H groups in total. The van der Waals surface area contributed by atoms with E-state index in [1.54, 1.807) is 0 Å². The monoisotopic (exact) mass is 465 g/mol. The molecule has 0 radical (unpaired) electrons. The molecule has 0 aromatic heterocycles. The SMILES string of the molecule is N#Cc1c(F)cc(F)cc1F.N#Cc1c(F)cc(N)cc1F.N#Cc1c(N)cc(F)cc1F. The number of hydrogen-bond donors (Lipinski definition) is 2. The van der Waals surface area contributed by atoms with Crippen LogP contribution in [0.4, 0.5) is 42.1 Å². The molecule has 0 atom stereocenters. The van der Waals surface area contributed by atoms with E-state index in [4.69, 9.17) is 27.3 Å². The van der Waals surface area contributed by atoms with Gasteiger partial charge in [-0.15, -0.1) is 0 Å². The number of halogens is 7. The van der Waals surface area contributed by atoms with Crippen LogP contribution >= 0.6 is 0 Å². The molecule has 0 fully saturated rings. The number of benzene rings is 3. The van der Waals surface area contributed by atoms with Crippen LogP contribution in [-0.2, 0) is 0 Å². The number of rotatable bonds is 0. The Morgan fingerprint density at radius 3 is 1.12 bits per heavy atom. The van der Waals surface area contributed by atoms with Crippen molar-refractivity contribution in [3.63, 3.8) is 0 Å². The molecule has 3 aromatic carbocycles. The summed E-state index contributed by atoms with van der Waals surface area (Å²) in [5, 5.41) is 24.7. The van der Waals surface area contributed by atoms with E-state index in [9.17, 15) is 30.7 Å². The van der Waals surface area contributed by atoms with Gasteiger partial charge in [-0.25, -0.2) is 30.7 Å². The minimum Gasteiger partial charge on any atom is -0.399 e. The van der Waals surface area contributed by atoms with E-state index in [0.29, 0.717) is 18.2 Å². The number of nitrogens with zero attached hydrogens (tertiary/aromatic N) is 3. The first-order chi connectivity index (χ1) is 15.4. The molecule has 0 saturated carbocycles. The van der Waals surface area contributed by atoms with E-state index in [1.807, 2.05) is 0 Å². The average molecular weight is 465 g/mol. The van der Waals surface area contributed by atoms with Gasteiger partial charge in [-0.1, -0.05) is 0 Å². The lowest BCUT2D eigenvalue weighted by Gasteiger charge is -1.97. The second-order valence-electron chi connectivity index (χ2n) is 5.79. The largest absolute Gasteiger partial charge is 0.399 e. The lowest BCUT2D eigenvalue weighted by molar-refractivity contribution is 0.539. The molecule has 0 aliphatic rings. The molecule has 3 aromatic rings. The minimum atomic E-state index is -1.18. The maximum Gasteiger partial charge on any atom is 0.146 e. The maximum absolute atomic E-state index is 12.6. The fourth-order valence-electron chi connectivity index (χ4n) is 2.06. The van der Waals surface area contributed by atoms with Crippen LogP contribution in [0.25, 0.3) is 0 Å². The third-order valence-electron chi connectivity index (χ3n) is 3.49. The summed E-state index contributed by atoms with van der Waals surface area (Å²) in [5.74, 6) is -6.94. The molecule has 0 heterocycles. The van der Waals surface area contributed by atoms with Crippen molar-refractivity contribution in [2.45, 2.75) is 0 Å². The van der Waals surface area contributed by atoms with Gasteiger partial charge in [0.25, 0.3) is 0 Å². The zero-order chi connectivity index (χ0) is 25.3. The van der Waals surface area contributed by atoms with E-state index in [2.05, 4.69) is 0 Å². The first kappa shape index (κ1) is 26.3. The van der Waals surface area contributed by atoms with Crippen molar-refractivity contribution in [2.24, 2.45) is 0 Å². The highest BCUT2D eigenvalue weighted by Crippen LogP contribution is 2.17. The van der Waals surface area contributed by atoms with Gasteiger partial charge in [0.1, 0.15) is 75.6 Å². The van der Waals surface area contributed by atoms with Crippen LogP contribution in [0.2, 0.25) is 0 Å². The Balaban J connectivity index is 0.000000247. The highest BCUT2D eigenvalue weighted by atomic mass is 19.2. The summed E-state index contributed by atoms with van der Waals surface area (Å²) < 4.78 is 87.0. The zero-order valence-electron chi connectivity index (χ0n) is 16.1. The number of nitrogens with two attached hydrogens (primary N) is 2. The van der Waals surface area contributed by atoms with Crippen LogP contribution in [0, 0.1) is 74.7 Å². The molecule has 0 unspecified atom stereocenters. The summed E-state index contributed by atoms with van der Waals surface area (Å²) in [4.78, 5) is 0. The molecular weight excluding hydrogens is 455 g/mol. The van der Waals surface area contributed by atoms with Gasteiger partial charge in [-0.05, 0) is 18.2 Å². The molecule has 33 heavy (non-hydrogen) atoms. The summed E-state index contributed by atoms with van der Waals surface area (Å²) >= 11 is 0. The quantitative estimate of drug-likeness (QED) is 0.364. The smallest absolute Gasteiger partial charge is 0.146 e. The van der Waals surface area contributed by atoms with Gasteiger partial charge in [0.2, 0.25) is 0 Å². The summed E-state index contributed by atoms with van der Waals surface area (Å²) in [7, 11) is 0. The van der Waals surface area contributed by atoms with Crippen LogP contribution < -0.4 is 11.5 Å². The Morgan fingerprint density at radius 1 is 0.485 bits per heavy atom. The normalized spacial score (nSPS) is 9.21. The number of hydrogen-bond acceptors (Lipinski definition) is 5. The lowest BCUT2D eigenvalue weighted by Crippen LogP contribution is -1.95. The second kappa shape index (κ2) is 11.6. The standard InChI is InChI=1S/C7H2F3N.2C7H4F2N2/c8-4-1-6(9)5(3-11)7(10)2-4;8-6-1-4(11)2-7(9)5(6)3-10;8-4-1-6(9)5(3-10)7(11)2-4/h1-2H;2*1-2H,11H2. The molecule has 168 valence electrons. The lowest BCUT2D eigenvalue weighted by atomic mass is 10.2. The van der Waals surface area contributed by atoms with Gasteiger partial charge < -0.3 is 11.5 Å². The van der Waals surface area contributed by atoms with E-state index in [0.717, 1.165) is 18.2 Å². The molecule has 0 amide bonds. The molecular formula is C21H10F7N5. The van der Waals surface area contributed by atoms with E-state index in [-0.39, 0.29) is 16.9 Å². The highest BCUT2D eigenvalue weighted by Gasteiger charge is 2.10. The molecule has 5 nitrogen and oxygen atoms in total. The molecule has 0 spiro atoms. The van der Waals surface area contributed by atoms with Crippen molar-refractivity contribution in [2.75, 3.05) is 11.5 Å². The Kier molecular flexibility index (Phi) is 9.22. The van der Waals surface area contributed by atoms with Gasteiger partial charge >= 0.3 is 0 Å². The minimum absolute atomic E-state index is 0.0287. The predicted molar refractivity (Wildman–Crippen MR) is 102 cm³/mol. The molecule has 0 saturated heterocycles. The molecule has 0 aliphatic heterocycles.